The van der Waals surface area contributed by atoms with Crippen LogP contribution in [0.25, 0.3) is 0 Å². The van der Waals surface area contributed by atoms with Crippen molar-refractivity contribution in [2.75, 3.05) is 6.54 Å². The summed E-state index contributed by atoms with van der Waals surface area (Å²) in [7, 11) is -3.58. The third-order valence-corrected chi connectivity index (χ3v) is 4.38. The quantitative estimate of drug-likeness (QED) is 0.847. The van der Waals surface area contributed by atoms with Crippen LogP contribution in [0.1, 0.15) is 23.0 Å². The monoisotopic (exact) mass is 284 g/mol. The zero-order chi connectivity index (χ0) is 14.0. The number of sulfonamides is 1. The SMILES string of the molecule is Cc1ncc(CCNS(=O)(=O)c2c(C)noc2C)[nH]1. The number of nitrogens with one attached hydrogen (secondary N) is 2. The lowest BCUT2D eigenvalue weighted by atomic mass is 10.3. The average molecular weight is 284 g/mol. The van der Waals surface area contributed by atoms with Crippen molar-refractivity contribution < 1.29 is 12.9 Å². The van der Waals surface area contributed by atoms with Crippen LogP contribution in [-0.4, -0.2) is 30.1 Å². The van der Waals surface area contributed by atoms with Crippen LogP contribution in [0, 0.1) is 20.8 Å². The molecule has 0 spiro atoms. The van der Waals surface area contributed by atoms with Crippen molar-refractivity contribution in [1.29, 1.82) is 0 Å². The van der Waals surface area contributed by atoms with E-state index in [0.29, 0.717) is 17.9 Å². The van der Waals surface area contributed by atoms with Crippen LogP contribution < -0.4 is 4.72 Å². The van der Waals surface area contributed by atoms with E-state index >= 15 is 0 Å². The highest BCUT2D eigenvalue weighted by Gasteiger charge is 2.23. The summed E-state index contributed by atoms with van der Waals surface area (Å²) >= 11 is 0. The van der Waals surface area contributed by atoms with E-state index in [1.165, 1.54) is 0 Å². The second kappa shape index (κ2) is 5.14. The molecular weight excluding hydrogens is 268 g/mol. The molecule has 2 aromatic heterocycles. The Kier molecular flexibility index (Phi) is 3.72. The van der Waals surface area contributed by atoms with Crippen LogP contribution in [0.3, 0.4) is 0 Å². The van der Waals surface area contributed by atoms with Gasteiger partial charge >= 0.3 is 0 Å². The van der Waals surface area contributed by atoms with E-state index in [0.717, 1.165) is 11.5 Å². The first kappa shape index (κ1) is 13.8. The molecule has 0 radical (unpaired) electrons. The molecule has 7 nitrogen and oxygen atoms in total. The summed E-state index contributed by atoms with van der Waals surface area (Å²) in [6.45, 7) is 5.31. The summed E-state index contributed by atoms with van der Waals surface area (Å²) in [6.07, 6.45) is 2.24. The van der Waals surface area contributed by atoms with Gasteiger partial charge in [0, 0.05) is 24.9 Å². The Balaban J connectivity index is 2.03. The molecule has 0 atom stereocenters. The minimum atomic E-state index is -3.58. The topological polar surface area (TPSA) is 101 Å². The Morgan fingerprint density at radius 2 is 2.11 bits per heavy atom. The van der Waals surface area contributed by atoms with Crippen LogP contribution in [-0.2, 0) is 16.4 Å². The summed E-state index contributed by atoms with van der Waals surface area (Å²) in [6, 6.07) is 0. The van der Waals surface area contributed by atoms with E-state index in [-0.39, 0.29) is 11.4 Å². The zero-order valence-electron chi connectivity index (χ0n) is 11.0. The van der Waals surface area contributed by atoms with Gasteiger partial charge in [-0.3, -0.25) is 0 Å². The number of rotatable bonds is 5. The largest absolute Gasteiger partial charge is 0.360 e. The van der Waals surface area contributed by atoms with Crippen LogP contribution in [0.4, 0.5) is 0 Å². The molecule has 0 fully saturated rings. The van der Waals surface area contributed by atoms with Gasteiger partial charge in [-0.1, -0.05) is 5.16 Å². The van der Waals surface area contributed by atoms with Crippen molar-refractivity contribution >= 4 is 10.0 Å². The highest BCUT2D eigenvalue weighted by molar-refractivity contribution is 7.89. The second-order valence-electron chi connectivity index (χ2n) is 4.29. The van der Waals surface area contributed by atoms with Gasteiger partial charge in [0.25, 0.3) is 0 Å². The number of hydrogen-bond acceptors (Lipinski definition) is 5. The van der Waals surface area contributed by atoms with Crippen LogP contribution >= 0.6 is 0 Å². The van der Waals surface area contributed by atoms with Gasteiger partial charge in [-0.2, -0.15) is 0 Å². The lowest BCUT2D eigenvalue weighted by molar-refractivity contribution is 0.390. The Bertz CT molecular complexity index is 652. The molecule has 2 heterocycles. The molecule has 0 aliphatic rings. The lowest BCUT2D eigenvalue weighted by Crippen LogP contribution is -2.26. The van der Waals surface area contributed by atoms with Crippen LogP contribution in [0.15, 0.2) is 15.6 Å². The number of hydrogen-bond donors (Lipinski definition) is 2. The second-order valence-corrected chi connectivity index (χ2v) is 6.00. The van der Waals surface area contributed by atoms with Gasteiger partial charge in [0.1, 0.15) is 16.4 Å². The van der Waals surface area contributed by atoms with Gasteiger partial charge in [0.05, 0.1) is 0 Å². The molecule has 0 amide bonds. The van der Waals surface area contributed by atoms with Gasteiger partial charge in [-0.05, 0) is 20.8 Å². The van der Waals surface area contributed by atoms with Gasteiger partial charge in [0.15, 0.2) is 5.76 Å². The van der Waals surface area contributed by atoms with Gasteiger partial charge in [-0.15, -0.1) is 0 Å². The zero-order valence-corrected chi connectivity index (χ0v) is 11.8. The predicted octanol–water partition coefficient (Wildman–Crippen LogP) is 0.844. The number of aromatic amines is 1. The predicted molar refractivity (Wildman–Crippen MR) is 68.2 cm³/mol. The van der Waals surface area contributed by atoms with Crippen molar-refractivity contribution in [2.24, 2.45) is 0 Å². The summed E-state index contributed by atoms with van der Waals surface area (Å²) in [5.74, 6) is 1.10. The van der Waals surface area contributed by atoms with E-state index in [4.69, 9.17) is 4.52 Å². The van der Waals surface area contributed by atoms with E-state index in [9.17, 15) is 8.42 Å². The van der Waals surface area contributed by atoms with Crippen molar-refractivity contribution in [1.82, 2.24) is 19.8 Å². The summed E-state index contributed by atoms with van der Waals surface area (Å²) in [4.78, 5) is 7.21. The third kappa shape index (κ3) is 3.02. The number of aromatic nitrogens is 3. The first-order chi connectivity index (χ1) is 8.90. The van der Waals surface area contributed by atoms with E-state index in [1.807, 2.05) is 6.92 Å². The number of H-pyrrole nitrogens is 1. The molecule has 2 rings (SSSR count). The fourth-order valence-electron chi connectivity index (χ4n) is 1.85. The molecule has 0 aliphatic heterocycles. The minimum Gasteiger partial charge on any atom is -0.360 e. The molecule has 2 N–H and O–H groups in total. The van der Waals surface area contributed by atoms with E-state index in [2.05, 4.69) is 19.8 Å². The van der Waals surface area contributed by atoms with Crippen LogP contribution in [0.5, 0.6) is 0 Å². The smallest absolute Gasteiger partial charge is 0.245 e. The van der Waals surface area contributed by atoms with Gasteiger partial charge in [-0.25, -0.2) is 18.1 Å². The first-order valence-electron chi connectivity index (χ1n) is 5.83. The minimum absolute atomic E-state index is 0.119. The fourth-order valence-corrected chi connectivity index (χ4v) is 3.21. The summed E-state index contributed by atoms with van der Waals surface area (Å²) < 4.78 is 31.6. The number of nitrogens with zero attached hydrogens (tertiary/aromatic N) is 2. The fraction of sp³-hybridized carbons (Fsp3) is 0.455. The third-order valence-electron chi connectivity index (χ3n) is 2.68. The molecule has 0 saturated heterocycles. The highest BCUT2D eigenvalue weighted by Crippen LogP contribution is 2.18. The van der Waals surface area contributed by atoms with Gasteiger partial charge < -0.3 is 9.51 Å². The molecule has 2 aromatic rings. The maximum Gasteiger partial charge on any atom is 0.245 e. The van der Waals surface area contributed by atoms with Crippen molar-refractivity contribution in [2.45, 2.75) is 32.1 Å². The lowest BCUT2D eigenvalue weighted by Gasteiger charge is -2.05. The van der Waals surface area contributed by atoms with E-state index in [1.54, 1.807) is 20.0 Å². The Morgan fingerprint density at radius 3 is 2.63 bits per heavy atom. The summed E-state index contributed by atoms with van der Waals surface area (Å²) in [5.41, 5.74) is 1.25. The first-order valence-corrected chi connectivity index (χ1v) is 7.31. The molecule has 0 unspecified atom stereocenters. The molecule has 104 valence electrons. The normalized spacial score (nSPS) is 11.9. The highest BCUT2D eigenvalue weighted by atomic mass is 32.2. The van der Waals surface area contributed by atoms with Crippen molar-refractivity contribution in [3.05, 3.63) is 29.2 Å². The van der Waals surface area contributed by atoms with Crippen LogP contribution in [0.2, 0.25) is 0 Å². The molecule has 8 heteroatoms. The maximum atomic E-state index is 12.1. The Labute approximate surface area is 111 Å². The van der Waals surface area contributed by atoms with E-state index < -0.39 is 10.0 Å². The molecule has 0 saturated carbocycles. The molecule has 0 aliphatic carbocycles. The van der Waals surface area contributed by atoms with Gasteiger partial charge in [0.2, 0.25) is 10.0 Å². The Hall–Kier alpha value is -1.67. The standard InChI is InChI=1S/C11H16N4O3S/c1-7-11(8(2)18-15-7)19(16,17)13-5-4-10-6-12-9(3)14-10/h6,13H,4-5H2,1-3H3,(H,12,14). The van der Waals surface area contributed by atoms with Crippen molar-refractivity contribution in [3.8, 4) is 0 Å². The average Bonchev–Trinajstić information content (AvgIpc) is 2.86. The number of aryl methyl sites for hydroxylation is 3. The molecule has 0 aromatic carbocycles. The molecule has 0 bridgehead atoms. The summed E-state index contributed by atoms with van der Waals surface area (Å²) in [5, 5.41) is 3.64. The Morgan fingerprint density at radius 1 is 1.37 bits per heavy atom. The molecule has 19 heavy (non-hydrogen) atoms. The number of imidazole rings is 1. The maximum absolute atomic E-state index is 12.1. The molecular formula is C11H16N4O3S. The van der Waals surface area contributed by atoms with Crippen molar-refractivity contribution in [3.63, 3.8) is 0 Å².